The summed E-state index contributed by atoms with van der Waals surface area (Å²) in [5.41, 5.74) is 2.72. The van der Waals surface area contributed by atoms with Crippen LogP contribution in [0.15, 0.2) is 36.5 Å². The van der Waals surface area contributed by atoms with Crippen molar-refractivity contribution in [1.29, 1.82) is 0 Å². The quantitative estimate of drug-likeness (QED) is 0.679. The van der Waals surface area contributed by atoms with E-state index in [4.69, 9.17) is 0 Å². The number of nitrogens with zero attached hydrogens (tertiary/aromatic N) is 2. The minimum atomic E-state index is 1.21. The van der Waals surface area contributed by atoms with Crippen molar-refractivity contribution >= 4 is 16.6 Å². The smallest absolute Gasteiger partial charge is 0.214 e. The van der Waals surface area contributed by atoms with E-state index in [1.807, 2.05) is 0 Å². The first kappa shape index (κ1) is 10.6. The molecule has 1 aromatic carbocycles. The molecule has 1 aliphatic heterocycles. The molecule has 0 N–H and O–H groups in total. The van der Waals surface area contributed by atoms with Gasteiger partial charge in [-0.05, 0) is 25.3 Å². The fourth-order valence-electron chi connectivity index (χ4n) is 2.76. The number of aryl methyl sites for hydroxylation is 1. The summed E-state index contributed by atoms with van der Waals surface area (Å²) in [5, 5.41) is 1.37. The third-order valence-corrected chi connectivity index (χ3v) is 3.71. The molecule has 2 aromatic rings. The molecule has 0 bridgehead atoms. The molecule has 1 saturated heterocycles. The van der Waals surface area contributed by atoms with E-state index in [2.05, 4.69) is 53.0 Å². The fourth-order valence-corrected chi connectivity index (χ4v) is 2.76. The van der Waals surface area contributed by atoms with Crippen molar-refractivity contribution in [3.8, 4) is 0 Å². The van der Waals surface area contributed by atoms with Gasteiger partial charge in [0.1, 0.15) is 7.05 Å². The van der Waals surface area contributed by atoms with Gasteiger partial charge in [-0.2, -0.15) is 0 Å². The third-order valence-electron chi connectivity index (χ3n) is 3.71. The highest BCUT2D eigenvalue weighted by atomic mass is 15.1. The lowest BCUT2D eigenvalue weighted by molar-refractivity contribution is -0.644. The van der Waals surface area contributed by atoms with Gasteiger partial charge in [0, 0.05) is 25.2 Å². The average Bonchev–Trinajstić information content (AvgIpc) is 2.41. The fraction of sp³-hybridized carbons (Fsp3) is 0.400. The predicted octanol–water partition coefficient (Wildman–Crippen LogP) is 2.65. The van der Waals surface area contributed by atoms with E-state index in [-0.39, 0.29) is 0 Å². The Bertz CT molecular complexity index is 527. The van der Waals surface area contributed by atoms with Crippen LogP contribution in [-0.4, -0.2) is 13.1 Å². The maximum atomic E-state index is 2.53. The van der Waals surface area contributed by atoms with Gasteiger partial charge in [0.05, 0.1) is 11.1 Å². The predicted molar refractivity (Wildman–Crippen MR) is 71.2 cm³/mol. The SMILES string of the molecule is C[n+]1ccc(N2CCCCC2)c2ccccc21. The molecule has 0 radical (unpaired) electrons. The van der Waals surface area contributed by atoms with Gasteiger partial charge in [-0.3, -0.25) is 0 Å². The second kappa shape index (κ2) is 4.36. The van der Waals surface area contributed by atoms with Crippen LogP contribution >= 0.6 is 0 Å². The molecule has 0 spiro atoms. The standard InChI is InChI=1S/C15H19N2/c1-16-12-9-15(17-10-5-2-6-11-17)13-7-3-4-8-14(13)16/h3-4,7-9,12H,2,5-6,10-11H2,1H3/q+1. The van der Waals surface area contributed by atoms with E-state index in [9.17, 15) is 0 Å². The Balaban J connectivity index is 2.12. The Morgan fingerprint density at radius 3 is 2.59 bits per heavy atom. The van der Waals surface area contributed by atoms with Crippen molar-refractivity contribution in [3.63, 3.8) is 0 Å². The Kier molecular flexibility index (Phi) is 2.71. The zero-order valence-electron chi connectivity index (χ0n) is 10.4. The van der Waals surface area contributed by atoms with Gasteiger partial charge in [0.2, 0.25) is 5.52 Å². The van der Waals surface area contributed by atoms with Crippen molar-refractivity contribution in [2.24, 2.45) is 7.05 Å². The van der Waals surface area contributed by atoms with Crippen LogP contribution in [0.4, 0.5) is 5.69 Å². The first-order valence-corrected chi connectivity index (χ1v) is 6.48. The van der Waals surface area contributed by atoms with Crippen LogP contribution < -0.4 is 9.47 Å². The number of pyridine rings is 1. The van der Waals surface area contributed by atoms with Crippen LogP contribution in [0.3, 0.4) is 0 Å². The summed E-state index contributed by atoms with van der Waals surface area (Å²) >= 11 is 0. The van der Waals surface area contributed by atoms with E-state index < -0.39 is 0 Å². The number of rotatable bonds is 1. The average molecular weight is 227 g/mol. The monoisotopic (exact) mass is 227 g/mol. The number of benzene rings is 1. The van der Waals surface area contributed by atoms with Crippen LogP contribution in [0, 0.1) is 0 Å². The largest absolute Gasteiger partial charge is 0.371 e. The number of hydrogen-bond acceptors (Lipinski definition) is 1. The molecule has 0 atom stereocenters. The highest BCUT2D eigenvalue weighted by Gasteiger charge is 2.16. The summed E-state index contributed by atoms with van der Waals surface area (Å²) in [6.07, 6.45) is 6.21. The minimum Gasteiger partial charge on any atom is -0.371 e. The van der Waals surface area contributed by atoms with Gasteiger partial charge in [-0.1, -0.05) is 12.1 Å². The van der Waals surface area contributed by atoms with E-state index >= 15 is 0 Å². The summed E-state index contributed by atoms with van der Waals surface area (Å²) in [5.74, 6) is 0. The molecular weight excluding hydrogens is 208 g/mol. The molecular formula is C15H19N2+. The lowest BCUT2D eigenvalue weighted by atomic mass is 10.1. The molecule has 2 nitrogen and oxygen atoms in total. The molecule has 3 rings (SSSR count). The number of para-hydroxylation sites is 1. The Hall–Kier alpha value is -1.57. The molecule has 1 fully saturated rings. The number of piperidine rings is 1. The number of fused-ring (bicyclic) bond motifs is 1. The zero-order valence-corrected chi connectivity index (χ0v) is 10.4. The van der Waals surface area contributed by atoms with Crippen LogP contribution in [0.1, 0.15) is 19.3 Å². The Morgan fingerprint density at radius 2 is 1.76 bits per heavy atom. The molecule has 2 heterocycles. The summed E-state index contributed by atoms with van der Waals surface area (Å²) in [6.45, 7) is 2.41. The zero-order chi connectivity index (χ0) is 11.7. The third kappa shape index (κ3) is 1.88. The number of anilines is 1. The number of hydrogen-bond donors (Lipinski definition) is 0. The van der Waals surface area contributed by atoms with Crippen LogP contribution in [0.25, 0.3) is 10.9 Å². The second-order valence-corrected chi connectivity index (χ2v) is 4.88. The molecule has 0 saturated carbocycles. The van der Waals surface area contributed by atoms with Crippen LogP contribution in [0.5, 0.6) is 0 Å². The van der Waals surface area contributed by atoms with Crippen molar-refractivity contribution in [1.82, 2.24) is 0 Å². The van der Waals surface area contributed by atoms with Crippen LogP contribution in [-0.2, 0) is 7.05 Å². The molecule has 17 heavy (non-hydrogen) atoms. The van der Waals surface area contributed by atoms with Crippen molar-refractivity contribution in [2.75, 3.05) is 18.0 Å². The summed E-state index contributed by atoms with van der Waals surface area (Å²) in [7, 11) is 2.11. The van der Waals surface area contributed by atoms with Crippen molar-refractivity contribution in [3.05, 3.63) is 36.5 Å². The van der Waals surface area contributed by atoms with E-state index in [1.54, 1.807) is 0 Å². The topological polar surface area (TPSA) is 7.12 Å². The molecule has 1 aliphatic rings. The van der Waals surface area contributed by atoms with Gasteiger partial charge < -0.3 is 4.90 Å². The first-order chi connectivity index (χ1) is 8.36. The van der Waals surface area contributed by atoms with Gasteiger partial charge in [-0.15, -0.1) is 0 Å². The first-order valence-electron chi connectivity index (χ1n) is 6.48. The minimum absolute atomic E-state index is 1.21. The van der Waals surface area contributed by atoms with Gasteiger partial charge in [0.15, 0.2) is 6.20 Å². The van der Waals surface area contributed by atoms with E-state index in [0.29, 0.717) is 0 Å². The maximum absolute atomic E-state index is 2.53. The molecule has 1 aromatic heterocycles. The Morgan fingerprint density at radius 1 is 1.00 bits per heavy atom. The normalized spacial score (nSPS) is 16.4. The lowest BCUT2D eigenvalue weighted by Gasteiger charge is -2.29. The van der Waals surface area contributed by atoms with Crippen molar-refractivity contribution < 1.29 is 4.57 Å². The Labute approximate surface area is 102 Å². The molecule has 0 unspecified atom stereocenters. The van der Waals surface area contributed by atoms with Gasteiger partial charge in [0.25, 0.3) is 0 Å². The van der Waals surface area contributed by atoms with E-state index in [1.165, 1.54) is 48.9 Å². The van der Waals surface area contributed by atoms with Gasteiger partial charge in [-0.25, -0.2) is 4.57 Å². The molecule has 0 amide bonds. The highest BCUT2D eigenvalue weighted by Crippen LogP contribution is 2.26. The summed E-state index contributed by atoms with van der Waals surface area (Å²) < 4.78 is 2.20. The maximum Gasteiger partial charge on any atom is 0.214 e. The molecule has 2 heteroatoms. The lowest BCUT2D eigenvalue weighted by Crippen LogP contribution is -2.33. The van der Waals surface area contributed by atoms with Crippen LogP contribution in [0.2, 0.25) is 0 Å². The second-order valence-electron chi connectivity index (χ2n) is 4.88. The number of aromatic nitrogens is 1. The summed E-state index contributed by atoms with van der Waals surface area (Å²) in [6, 6.07) is 10.9. The van der Waals surface area contributed by atoms with Crippen molar-refractivity contribution in [2.45, 2.75) is 19.3 Å². The molecule has 88 valence electrons. The van der Waals surface area contributed by atoms with Gasteiger partial charge >= 0.3 is 0 Å². The summed E-state index contributed by atoms with van der Waals surface area (Å²) in [4.78, 5) is 2.53. The highest BCUT2D eigenvalue weighted by molar-refractivity contribution is 5.89. The van der Waals surface area contributed by atoms with E-state index in [0.717, 1.165) is 0 Å². The molecule has 0 aliphatic carbocycles.